The molecule has 0 heterocycles. The van der Waals surface area contributed by atoms with E-state index in [1.165, 1.54) is 29.3 Å². The molecule has 0 aromatic heterocycles. The van der Waals surface area contributed by atoms with Crippen molar-refractivity contribution >= 4 is 180 Å². The highest BCUT2D eigenvalue weighted by Gasteiger charge is 2.12. The topological polar surface area (TPSA) is 135 Å². The van der Waals surface area contributed by atoms with Crippen LogP contribution >= 0.6 is 148 Å². The number of alkyl halides is 2. The first-order chi connectivity index (χ1) is 28.8. The highest BCUT2D eigenvalue weighted by molar-refractivity contribution is 9.09. The van der Waals surface area contributed by atoms with Crippen LogP contribution in [0.4, 0.5) is 43.4 Å². The van der Waals surface area contributed by atoms with Crippen LogP contribution in [0.25, 0.3) is 0 Å². The second-order valence-corrected chi connectivity index (χ2v) is 16.6. The number of nitrogens with zero attached hydrogens (tertiary/aromatic N) is 2. The number of nitrogens with two attached hydrogens (primary N) is 3. The zero-order valence-electron chi connectivity index (χ0n) is 32.2. The largest absolute Gasteiger partial charge is 0.397 e. The van der Waals surface area contributed by atoms with Crippen molar-refractivity contribution in [2.75, 3.05) is 11.9 Å². The normalized spacial score (nSPS) is 10.7. The van der Waals surface area contributed by atoms with Gasteiger partial charge in [-0.05, 0) is 102 Å². The highest BCUT2D eigenvalue weighted by atomic mass is 79.9. The van der Waals surface area contributed by atoms with Crippen LogP contribution in [0.2, 0.25) is 20.1 Å². The number of thiocarbonyl (C=S) groups is 1. The molecule has 0 aliphatic carbocycles. The Kier molecular flexibility index (Phi) is 30.9. The van der Waals surface area contributed by atoms with E-state index in [4.69, 9.17) is 68.7 Å². The highest BCUT2D eigenvalue weighted by Crippen LogP contribution is 2.32. The average Bonchev–Trinajstić information content (AvgIpc) is 3.19. The Bertz CT molecular complexity index is 2220. The molecule has 0 radical (unpaired) electrons. The van der Waals surface area contributed by atoms with Crippen molar-refractivity contribution in [3.8, 4) is 0 Å². The van der Waals surface area contributed by atoms with Gasteiger partial charge in [-0.3, -0.25) is 0 Å². The Morgan fingerprint density at radius 2 is 0.921 bits per heavy atom. The molecule has 0 fully saturated rings. The van der Waals surface area contributed by atoms with Crippen molar-refractivity contribution in [1.29, 1.82) is 0 Å². The molecule has 0 saturated carbocycles. The zero-order chi connectivity index (χ0) is 45.8. The van der Waals surface area contributed by atoms with E-state index in [1.54, 1.807) is 19.1 Å². The van der Waals surface area contributed by atoms with E-state index >= 15 is 0 Å². The molecular formula is C39H36Br4Cl4F6N6OS3. The molecule has 0 saturated heterocycles. The molecule has 5 aromatic rings. The van der Waals surface area contributed by atoms with Crippen molar-refractivity contribution in [2.45, 2.75) is 29.1 Å². The van der Waals surface area contributed by atoms with E-state index in [2.05, 4.69) is 59.4 Å². The van der Waals surface area contributed by atoms with Crippen LogP contribution < -0.4 is 22.5 Å². The number of thioether (sulfide) groups is 2. The summed E-state index contributed by atoms with van der Waals surface area (Å²) in [7, 11) is 0. The molecule has 5 aromatic carbocycles. The molecule has 0 bridgehead atoms. The van der Waals surface area contributed by atoms with Gasteiger partial charge in [0.25, 0.3) is 0 Å². The summed E-state index contributed by atoms with van der Waals surface area (Å²) in [5.41, 5.74) is 20.6. The smallest absolute Gasteiger partial charge is 0.168 e. The number of rotatable bonds is 9. The molecule has 5 rings (SSSR count). The molecule has 0 aliphatic rings. The maximum atomic E-state index is 13.8. The number of nitrogens with one attached hydrogen (secondary N) is 1. The summed E-state index contributed by atoms with van der Waals surface area (Å²) in [6, 6.07) is 16.1. The maximum absolute atomic E-state index is 13.8. The fourth-order valence-corrected chi connectivity index (χ4v) is 7.62. The first-order valence-electron chi connectivity index (χ1n) is 16.8. The molecule has 344 valence electrons. The number of aliphatic hydroxyl groups excluding tert-OH is 1. The van der Waals surface area contributed by atoms with Gasteiger partial charge in [0.2, 0.25) is 0 Å². The Hall–Kier alpha value is -1.95. The molecule has 0 unspecified atom stereocenters. The molecule has 7 nitrogen and oxygen atoms in total. The van der Waals surface area contributed by atoms with Gasteiger partial charge in [-0.1, -0.05) is 102 Å². The van der Waals surface area contributed by atoms with Gasteiger partial charge >= 0.3 is 0 Å². The minimum Gasteiger partial charge on any atom is -0.397 e. The van der Waals surface area contributed by atoms with Crippen LogP contribution in [0.1, 0.15) is 29.2 Å². The van der Waals surface area contributed by atoms with Gasteiger partial charge in [0, 0.05) is 47.0 Å². The monoisotopic (exact) mass is 1270 g/mol. The molecular weight excluding hydrogens is 1240 g/mol. The predicted molar refractivity (Wildman–Crippen MR) is 276 cm³/mol. The lowest BCUT2D eigenvalue weighted by Gasteiger charge is -2.11. The van der Waals surface area contributed by atoms with Gasteiger partial charge in [-0.2, -0.15) is 0 Å². The van der Waals surface area contributed by atoms with E-state index < -0.39 is 34.9 Å². The van der Waals surface area contributed by atoms with Crippen molar-refractivity contribution in [3.63, 3.8) is 0 Å². The van der Waals surface area contributed by atoms with Gasteiger partial charge in [-0.15, -0.1) is 34.0 Å². The first-order valence-corrected chi connectivity index (χ1v) is 23.0. The van der Waals surface area contributed by atoms with E-state index in [1.807, 2.05) is 12.1 Å². The zero-order valence-corrected chi connectivity index (χ0v) is 44.3. The molecule has 0 atom stereocenters. The lowest BCUT2D eigenvalue weighted by Crippen LogP contribution is -2.19. The Morgan fingerprint density at radius 1 is 0.603 bits per heavy atom. The van der Waals surface area contributed by atoms with Crippen LogP contribution in [0, 0.1) is 34.9 Å². The molecule has 8 N–H and O–H groups in total. The van der Waals surface area contributed by atoms with Crippen molar-refractivity contribution in [2.24, 2.45) is 27.2 Å². The molecule has 63 heavy (non-hydrogen) atoms. The second kappa shape index (κ2) is 31.9. The lowest BCUT2D eigenvalue weighted by atomic mass is 10.1. The number of anilines is 1. The van der Waals surface area contributed by atoms with Crippen LogP contribution in [-0.4, -0.2) is 27.2 Å². The number of aliphatic hydroxyl groups is 1. The Labute approximate surface area is 432 Å². The summed E-state index contributed by atoms with van der Waals surface area (Å²) in [6.07, 6.45) is 0. The molecule has 24 heteroatoms. The quantitative estimate of drug-likeness (QED) is 0.0324. The van der Waals surface area contributed by atoms with Gasteiger partial charge in [-0.25, -0.2) is 36.3 Å². The Morgan fingerprint density at radius 3 is 1.22 bits per heavy atom. The number of benzene rings is 5. The van der Waals surface area contributed by atoms with Crippen molar-refractivity contribution < 1.29 is 31.4 Å². The van der Waals surface area contributed by atoms with Gasteiger partial charge in [0.15, 0.2) is 27.1 Å². The Balaban J connectivity index is 0.00000108. The van der Waals surface area contributed by atoms with Crippen LogP contribution in [0.5, 0.6) is 0 Å². The second-order valence-electron chi connectivity index (χ2n) is 11.4. The minimum absolute atomic E-state index is 0. The van der Waals surface area contributed by atoms with Crippen LogP contribution in [-0.2, 0) is 22.2 Å². The van der Waals surface area contributed by atoms with E-state index in [0.717, 1.165) is 81.7 Å². The van der Waals surface area contributed by atoms with E-state index in [0.29, 0.717) is 31.6 Å². The summed E-state index contributed by atoms with van der Waals surface area (Å²) in [6.45, 7) is 1.93. The third-order valence-electron chi connectivity index (χ3n) is 6.99. The fourth-order valence-electron chi connectivity index (χ4n) is 4.25. The van der Waals surface area contributed by atoms with Crippen molar-refractivity contribution in [3.05, 3.63) is 156 Å². The van der Waals surface area contributed by atoms with Crippen molar-refractivity contribution in [1.82, 2.24) is 0 Å². The van der Waals surface area contributed by atoms with Crippen LogP contribution in [0.15, 0.2) is 88.8 Å². The molecule has 0 amide bonds. The first kappa shape index (κ1) is 61.0. The van der Waals surface area contributed by atoms with Gasteiger partial charge in [0.05, 0.1) is 25.8 Å². The summed E-state index contributed by atoms with van der Waals surface area (Å²) in [5, 5.41) is 13.4. The number of amidine groups is 2. The van der Waals surface area contributed by atoms with Crippen LogP contribution in [0.3, 0.4) is 0 Å². The number of hydrogen-bond donors (Lipinski definition) is 5. The molecule has 0 aliphatic heterocycles. The fraction of sp³-hybridized carbons (Fsp3) is 0.154. The maximum Gasteiger partial charge on any atom is 0.168 e. The standard InChI is InChI=1S/C22H16Cl2F4N4S2.C8H6Br2Cl2.C7H6F2N2S.C2H6O.2BrH/c23-15-5-11(9-33-21(29)31-19-3-1-13(25)7-17(19)27)12(6-16(15)24)10-34-22(30)32-20-4-2-14(26)8-18(20)28;9-3-5-1-7(11)8(12)2-6(5)4-10;8-4-1-2-6(5(9)3-4)11-7(10)12;1-2-3;;/h1-8H,9-10H2,(H2,29,31)(H2,30,32);1-2H,3-4H2;1-3H,(H3,10,11,12);3H,2H2,1H3;2*1H. The summed E-state index contributed by atoms with van der Waals surface area (Å²) >= 11 is 37.5. The molecule has 0 spiro atoms. The predicted octanol–water partition coefficient (Wildman–Crippen LogP) is 14.9. The third kappa shape index (κ3) is 22.4. The lowest BCUT2D eigenvalue weighted by molar-refractivity contribution is 0.318. The third-order valence-corrected chi connectivity index (χ3v) is 11.4. The van der Waals surface area contributed by atoms with Gasteiger partial charge in [0.1, 0.15) is 34.6 Å². The van der Waals surface area contributed by atoms with E-state index in [9.17, 15) is 26.3 Å². The van der Waals surface area contributed by atoms with E-state index in [-0.39, 0.29) is 73.1 Å². The average molecular weight is 1280 g/mol. The number of aliphatic imine (C=N–C) groups is 2. The minimum atomic E-state index is -0.831. The summed E-state index contributed by atoms with van der Waals surface area (Å²) in [5.74, 6) is -3.83. The van der Waals surface area contributed by atoms with Gasteiger partial charge < -0.3 is 27.6 Å². The summed E-state index contributed by atoms with van der Waals surface area (Å²) in [4.78, 5) is 7.94. The number of hydrogen-bond acceptors (Lipinski definition) is 6. The summed E-state index contributed by atoms with van der Waals surface area (Å²) < 4.78 is 78.9. The number of halogens is 14. The SMILES string of the molecule is Br.Br.CCO.Clc1cc(CBr)c(CBr)cc1Cl.NC(=Nc1ccc(F)cc1F)SCc1cc(Cl)c(Cl)cc1CSC(N)=Nc1ccc(F)cc1F.NC(=S)Nc1ccc(F)cc1F.